The minimum Gasteiger partial charge on any atom is -0.326 e. The smallest absolute Gasteiger partial charge is 0.0349 e. The molecule has 102 valence electrons. The van der Waals surface area contributed by atoms with Gasteiger partial charge in [-0.3, -0.25) is 4.90 Å². The van der Waals surface area contributed by atoms with Crippen LogP contribution in [0, 0.1) is 0 Å². The minimum absolute atomic E-state index is 0.660. The van der Waals surface area contributed by atoms with Crippen molar-refractivity contribution in [2.75, 3.05) is 18.8 Å². The monoisotopic (exact) mass is 292 g/mol. The lowest BCUT2D eigenvalue weighted by molar-refractivity contribution is 0.279. The third kappa shape index (κ3) is 2.82. The van der Waals surface area contributed by atoms with Gasteiger partial charge >= 0.3 is 0 Å². The maximum atomic E-state index is 5.93. The molecule has 2 N–H and O–H groups in total. The lowest BCUT2D eigenvalue weighted by atomic mass is 10.1. The Bertz CT molecular complexity index is 564. The van der Waals surface area contributed by atoms with Crippen LogP contribution in [0.3, 0.4) is 0 Å². The third-order valence-electron chi connectivity index (χ3n) is 3.67. The molecule has 0 radical (unpaired) electrons. The van der Waals surface area contributed by atoms with Crippen LogP contribution in [0.5, 0.6) is 0 Å². The molecule has 1 aromatic heterocycles. The van der Waals surface area contributed by atoms with Gasteiger partial charge in [0.2, 0.25) is 0 Å². The molecule has 1 unspecified atom stereocenters. The highest BCUT2D eigenvalue weighted by Crippen LogP contribution is 2.32. The molecule has 1 saturated heterocycles. The summed E-state index contributed by atoms with van der Waals surface area (Å²) in [6, 6.07) is 8.69. The predicted molar refractivity (Wildman–Crippen MR) is 86.9 cm³/mol. The Hall–Kier alpha value is -0.550. The summed E-state index contributed by atoms with van der Waals surface area (Å²) in [5.41, 5.74) is 7.40. The van der Waals surface area contributed by atoms with Crippen molar-refractivity contribution in [3.8, 4) is 0 Å². The van der Waals surface area contributed by atoms with E-state index in [1.807, 2.05) is 11.3 Å². The molecule has 1 aliphatic rings. The topological polar surface area (TPSA) is 29.3 Å². The molecular formula is C15H20N2S2. The summed E-state index contributed by atoms with van der Waals surface area (Å²) in [5.74, 6) is 1.25. The number of thiophene rings is 1. The molecule has 2 nitrogen and oxygen atoms in total. The quantitative estimate of drug-likeness (QED) is 0.941. The van der Waals surface area contributed by atoms with Crippen LogP contribution in [0.15, 0.2) is 24.3 Å². The van der Waals surface area contributed by atoms with Crippen molar-refractivity contribution in [3.05, 3.63) is 34.7 Å². The minimum atomic E-state index is 0.660. The summed E-state index contributed by atoms with van der Waals surface area (Å²) < 4.78 is 1.37. The molecule has 1 aliphatic heterocycles. The number of hydrogen-bond acceptors (Lipinski definition) is 4. The number of rotatable bonds is 3. The van der Waals surface area contributed by atoms with Crippen LogP contribution >= 0.6 is 23.1 Å². The van der Waals surface area contributed by atoms with Crippen LogP contribution in [0.1, 0.15) is 17.4 Å². The number of benzene rings is 1. The van der Waals surface area contributed by atoms with Gasteiger partial charge in [0.1, 0.15) is 0 Å². The maximum Gasteiger partial charge on any atom is 0.0349 e. The van der Waals surface area contributed by atoms with Gasteiger partial charge in [0.15, 0.2) is 0 Å². The molecule has 4 heteroatoms. The Morgan fingerprint density at radius 2 is 2.21 bits per heavy atom. The van der Waals surface area contributed by atoms with Gasteiger partial charge in [-0.05, 0) is 17.0 Å². The Labute approximate surface area is 123 Å². The lowest BCUT2D eigenvalue weighted by Gasteiger charge is -2.30. The molecule has 2 heterocycles. The zero-order valence-electron chi connectivity index (χ0n) is 11.3. The van der Waals surface area contributed by atoms with E-state index in [0.29, 0.717) is 6.54 Å². The first-order chi connectivity index (χ1) is 9.28. The van der Waals surface area contributed by atoms with Gasteiger partial charge in [0.25, 0.3) is 0 Å². The Kier molecular flexibility index (Phi) is 4.12. The van der Waals surface area contributed by atoms with E-state index in [1.165, 1.54) is 39.4 Å². The van der Waals surface area contributed by atoms with Gasteiger partial charge in [0.05, 0.1) is 0 Å². The molecule has 0 aliphatic carbocycles. The average molecular weight is 292 g/mol. The number of fused-ring (bicyclic) bond motifs is 1. The van der Waals surface area contributed by atoms with Gasteiger partial charge < -0.3 is 5.73 Å². The maximum absolute atomic E-state index is 5.93. The van der Waals surface area contributed by atoms with E-state index in [9.17, 15) is 0 Å². The molecule has 19 heavy (non-hydrogen) atoms. The summed E-state index contributed by atoms with van der Waals surface area (Å²) in [6.07, 6.45) is 0. The third-order valence-corrected chi connectivity index (χ3v) is 6.05. The van der Waals surface area contributed by atoms with Gasteiger partial charge in [-0.15, -0.1) is 11.3 Å². The van der Waals surface area contributed by atoms with E-state index in [2.05, 4.69) is 47.9 Å². The first kappa shape index (κ1) is 13.4. The van der Waals surface area contributed by atoms with E-state index in [-0.39, 0.29) is 0 Å². The fraction of sp³-hybridized carbons (Fsp3) is 0.467. The van der Waals surface area contributed by atoms with Crippen molar-refractivity contribution in [2.45, 2.75) is 25.3 Å². The SMILES string of the molecule is CC1CN(Cc2c(CN)sc3ccccc23)CCS1. The highest BCUT2D eigenvalue weighted by molar-refractivity contribution is 7.99. The normalized spacial score (nSPS) is 21.1. The standard InChI is InChI=1S/C15H20N2S2/c1-11-9-17(6-7-18-11)10-13-12-4-2-3-5-14(12)19-15(13)8-16/h2-5,11H,6-10,16H2,1H3. The number of thioether (sulfide) groups is 1. The van der Waals surface area contributed by atoms with E-state index in [4.69, 9.17) is 5.73 Å². The van der Waals surface area contributed by atoms with Crippen molar-refractivity contribution in [1.82, 2.24) is 4.90 Å². The summed E-state index contributed by atoms with van der Waals surface area (Å²) in [4.78, 5) is 3.93. The highest BCUT2D eigenvalue weighted by Gasteiger charge is 2.19. The van der Waals surface area contributed by atoms with Crippen molar-refractivity contribution >= 4 is 33.2 Å². The molecule has 0 saturated carbocycles. The summed E-state index contributed by atoms with van der Waals surface area (Å²) in [7, 11) is 0. The highest BCUT2D eigenvalue weighted by atomic mass is 32.2. The second kappa shape index (κ2) is 5.83. The average Bonchev–Trinajstić information content (AvgIpc) is 2.77. The molecule has 2 aromatic rings. The van der Waals surface area contributed by atoms with Crippen molar-refractivity contribution in [1.29, 1.82) is 0 Å². The second-order valence-electron chi connectivity index (χ2n) is 5.12. The van der Waals surface area contributed by atoms with Gasteiger partial charge in [-0.25, -0.2) is 0 Å². The van der Waals surface area contributed by atoms with Crippen molar-refractivity contribution < 1.29 is 0 Å². The van der Waals surface area contributed by atoms with Crippen LogP contribution in [-0.2, 0) is 13.1 Å². The second-order valence-corrected chi connectivity index (χ2v) is 7.80. The molecule has 0 spiro atoms. The molecule has 0 bridgehead atoms. The first-order valence-electron chi connectivity index (χ1n) is 6.81. The first-order valence-corrected chi connectivity index (χ1v) is 8.67. The van der Waals surface area contributed by atoms with Crippen LogP contribution in [0.25, 0.3) is 10.1 Å². The Balaban J connectivity index is 1.90. The van der Waals surface area contributed by atoms with Gasteiger partial charge in [0, 0.05) is 46.8 Å². The zero-order chi connectivity index (χ0) is 13.2. The van der Waals surface area contributed by atoms with Gasteiger partial charge in [-0.2, -0.15) is 11.8 Å². The molecule has 1 aromatic carbocycles. The van der Waals surface area contributed by atoms with Crippen molar-refractivity contribution in [3.63, 3.8) is 0 Å². The lowest BCUT2D eigenvalue weighted by Crippen LogP contribution is -2.36. The molecule has 3 rings (SSSR count). The van der Waals surface area contributed by atoms with E-state index < -0.39 is 0 Å². The van der Waals surface area contributed by atoms with E-state index in [0.717, 1.165) is 11.8 Å². The Morgan fingerprint density at radius 3 is 3.00 bits per heavy atom. The van der Waals surface area contributed by atoms with Crippen LogP contribution < -0.4 is 5.73 Å². The fourth-order valence-corrected chi connectivity index (χ4v) is 4.92. The van der Waals surface area contributed by atoms with E-state index >= 15 is 0 Å². The fourth-order valence-electron chi connectivity index (χ4n) is 2.75. The largest absolute Gasteiger partial charge is 0.326 e. The van der Waals surface area contributed by atoms with Crippen LogP contribution in [-0.4, -0.2) is 29.0 Å². The molecular weight excluding hydrogens is 272 g/mol. The van der Waals surface area contributed by atoms with E-state index in [1.54, 1.807) is 0 Å². The van der Waals surface area contributed by atoms with Crippen LogP contribution in [0.4, 0.5) is 0 Å². The zero-order valence-corrected chi connectivity index (χ0v) is 12.9. The number of hydrogen-bond donors (Lipinski definition) is 1. The summed E-state index contributed by atoms with van der Waals surface area (Å²) in [5, 5.41) is 2.15. The molecule has 0 amide bonds. The predicted octanol–water partition coefficient (Wildman–Crippen LogP) is 3.30. The Morgan fingerprint density at radius 1 is 1.37 bits per heavy atom. The van der Waals surface area contributed by atoms with Crippen LogP contribution in [0.2, 0.25) is 0 Å². The summed E-state index contributed by atoms with van der Waals surface area (Å²) >= 11 is 3.94. The van der Waals surface area contributed by atoms with Crippen molar-refractivity contribution in [2.24, 2.45) is 5.73 Å². The number of nitrogens with two attached hydrogens (primary N) is 1. The summed E-state index contributed by atoms with van der Waals surface area (Å²) in [6.45, 7) is 6.43. The molecule has 1 atom stereocenters. The van der Waals surface area contributed by atoms with Gasteiger partial charge in [-0.1, -0.05) is 25.1 Å². The number of nitrogens with zero attached hydrogens (tertiary/aromatic N) is 1. The molecule has 1 fully saturated rings.